The number of hydrogen-bond donors (Lipinski definition) is 11. The lowest BCUT2D eigenvalue weighted by Crippen LogP contribution is -2.62. The fourth-order valence-corrected chi connectivity index (χ4v) is 6.95. The molecule has 1 aromatic carbocycles. The number of allylic oxidation sites excluding steroid dienone is 1. The number of benzene rings is 1. The summed E-state index contributed by atoms with van der Waals surface area (Å²) in [6.45, 7) is -0.928. The zero-order valence-electron chi connectivity index (χ0n) is 33.6. The van der Waals surface area contributed by atoms with Crippen molar-refractivity contribution in [2.24, 2.45) is 5.92 Å². The van der Waals surface area contributed by atoms with Gasteiger partial charge in [-0.3, -0.25) is 38.7 Å². The second-order valence-corrected chi connectivity index (χ2v) is 14.8. The van der Waals surface area contributed by atoms with E-state index >= 15 is 0 Å². The van der Waals surface area contributed by atoms with E-state index in [9.17, 15) is 74.7 Å². The molecule has 0 aromatic heterocycles. The number of aromatic hydroxyl groups is 1. The number of urea groups is 1. The molecule has 0 spiro atoms. The summed E-state index contributed by atoms with van der Waals surface area (Å²) in [4.78, 5) is 80.0. The number of phenolic OH excluding ortho intramolecular Hbond substituents is 1. The summed E-state index contributed by atoms with van der Waals surface area (Å²) in [6, 6.07) is 4.76. The Kier molecular flexibility index (Phi) is 16.5. The summed E-state index contributed by atoms with van der Waals surface area (Å²) in [6.07, 6.45) is -9.30. The van der Waals surface area contributed by atoms with Crippen LogP contribution >= 0.6 is 0 Å². The highest BCUT2D eigenvalue weighted by Crippen LogP contribution is 2.37. The SMILES string of the molecule is O=C(O)CN1CCN(CC(=O)O)CCN(C(=O)NCCNC(=O)[C@H]2OC(OC3=CC4OC(Oc5ccc(O)cc5)=CC(=O)C4C(O)=C3O)[C@H](O)[C@@H](O)[C@@H]2O)CCN(CC(=O)O)CC1. The number of nitrogens with one attached hydrogen (secondary N) is 2. The minimum Gasteiger partial charge on any atom is -0.508 e. The number of ketones is 1. The molecule has 0 radical (unpaired) electrons. The van der Waals surface area contributed by atoms with Crippen LogP contribution in [0, 0.1) is 5.92 Å². The predicted molar refractivity (Wildman–Crippen MR) is 209 cm³/mol. The van der Waals surface area contributed by atoms with Crippen molar-refractivity contribution in [2.45, 2.75) is 36.8 Å². The summed E-state index contributed by atoms with van der Waals surface area (Å²) in [7, 11) is 0. The normalized spacial score (nSPS) is 26.7. The Morgan fingerprint density at radius 3 is 1.78 bits per heavy atom. The van der Waals surface area contributed by atoms with Crippen molar-refractivity contribution in [3.8, 4) is 11.5 Å². The molecule has 25 heteroatoms. The monoisotopic (exact) mass is 894 g/mol. The van der Waals surface area contributed by atoms with Gasteiger partial charge in [-0.05, 0) is 24.3 Å². The first-order valence-corrected chi connectivity index (χ1v) is 19.6. The number of nitrogens with zero attached hydrogens (tertiary/aromatic N) is 4. The van der Waals surface area contributed by atoms with Gasteiger partial charge >= 0.3 is 23.9 Å². The van der Waals surface area contributed by atoms with Gasteiger partial charge in [-0.25, -0.2) is 4.79 Å². The molecule has 7 atom stereocenters. The first-order valence-electron chi connectivity index (χ1n) is 19.6. The van der Waals surface area contributed by atoms with Crippen molar-refractivity contribution in [3.05, 3.63) is 59.6 Å². The maximum atomic E-state index is 13.3. The molecule has 0 bridgehead atoms. The van der Waals surface area contributed by atoms with E-state index in [1.807, 2.05) is 0 Å². The Labute approximate surface area is 358 Å². The number of carbonyl (C=O) groups excluding carboxylic acids is 3. The van der Waals surface area contributed by atoms with Gasteiger partial charge in [-0.2, -0.15) is 0 Å². The third-order valence-electron chi connectivity index (χ3n) is 10.3. The Hall–Kier alpha value is -6.22. The molecule has 5 rings (SSSR count). The molecule has 1 aromatic rings. The molecule has 3 heterocycles. The molecule has 63 heavy (non-hydrogen) atoms. The standard InChI is InChI=1S/C38H50N6O19/c45-20-1-3-21(4-2-20)60-28-15-22(46)29-23(61-28)16-24(30(53)31(29)54)62-37-34(57)32(55)33(56)35(63-37)36(58)39-5-6-40-38(59)44-13-11-42(18-26(49)50)9-7-41(17-25(47)48)8-10-43(12-14-44)19-27(51)52/h1-4,15-16,23,29,32-35,37,45,53-57H,5-14,17-19H2,(H,39,58)(H,40,59)(H,47,48)(H,49,50)(H,51,52)/t23?,29?,32-,33-,34+,35-,37?/m0/s1. The van der Waals surface area contributed by atoms with Gasteiger partial charge in [0.2, 0.25) is 6.29 Å². The number of ether oxygens (including phenoxy) is 4. The fourth-order valence-electron chi connectivity index (χ4n) is 6.95. The third kappa shape index (κ3) is 13.1. The highest BCUT2D eigenvalue weighted by Gasteiger charge is 2.49. The van der Waals surface area contributed by atoms with Crippen molar-refractivity contribution in [3.63, 3.8) is 0 Å². The topological polar surface area (TPSA) is 358 Å². The Morgan fingerprint density at radius 2 is 1.24 bits per heavy atom. The second kappa shape index (κ2) is 21.7. The summed E-state index contributed by atoms with van der Waals surface area (Å²) in [5, 5.41) is 96.2. The van der Waals surface area contributed by atoms with E-state index in [4.69, 9.17) is 18.9 Å². The van der Waals surface area contributed by atoms with Crippen molar-refractivity contribution < 1.29 is 93.7 Å². The van der Waals surface area contributed by atoms with E-state index in [0.29, 0.717) is 0 Å². The molecule has 3 unspecified atom stereocenters. The van der Waals surface area contributed by atoms with E-state index in [-0.39, 0.29) is 89.4 Å². The predicted octanol–water partition coefficient (Wildman–Crippen LogP) is -3.45. The quantitative estimate of drug-likeness (QED) is 0.0809. The first-order chi connectivity index (χ1) is 29.9. The number of carbonyl (C=O) groups is 6. The number of aliphatic hydroxyl groups excluding tert-OH is 5. The van der Waals surface area contributed by atoms with Gasteiger partial charge in [-0.15, -0.1) is 0 Å². The minimum absolute atomic E-state index is 0.0107. The molecule has 2 fully saturated rings. The molecule has 0 saturated carbocycles. The lowest BCUT2D eigenvalue weighted by Gasteiger charge is -2.40. The van der Waals surface area contributed by atoms with Gasteiger partial charge in [0, 0.05) is 71.5 Å². The Bertz CT molecular complexity index is 1910. The number of hydrogen-bond acceptors (Lipinski definition) is 19. The third-order valence-corrected chi connectivity index (χ3v) is 10.3. The highest BCUT2D eigenvalue weighted by atomic mass is 16.7. The molecule has 1 aliphatic carbocycles. The van der Waals surface area contributed by atoms with Gasteiger partial charge in [0.25, 0.3) is 11.9 Å². The lowest BCUT2D eigenvalue weighted by molar-refractivity contribution is -0.281. The smallest absolute Gasteiger partial charge is 0.317 e. The van der Waals surface area contributed by atoms with Gasteiger partial charge in [-0.1, -0.05) is 0 Å². The molecule has 346 valence electrons. The van der Waals surface area contributed by atoms with Crippen LogP contribution in [0.25, 0.3) is 0 Å². The number of aliphatic carboxylic acids is 3. The second-order valence-electron chi connectivity index (χ2n) is 14.8. The van der Waals surface area contributed by atoms with Crippen LogP contribution in [0.15, 0.2) is 59.6 Å². The minimum atomic E-state index is -2.05. The van der Waals surface area contributed by atoms with Crippen LogP contribution in [0.4, 0.5) is 4.79 Å². The van der Waals surface area contributed by atoms with Crippen LogP contribution in [0.2, 0.25) is 0 Å². The van der Waals surface area contributed by atoms with Crippen molar-refractivity contribution in [2.75, 3.05) is 85.1 Å². The number of carboxylic acid groups (broad SMARTS) is 3. The number of rotatable bonds is 14. The number of carboxylic acids is 3. The van der Waals surface area contributed by atoms with Crippen LogP contribution in [-0.4, -0.2) is 223 Å². The summed E-state index contributed by atoms with van der Waals surface area (Å²) in [5.41, 5.74) is 0. The van der Waals surface area contributed by atoms with Gasteiger partial charge < -0.3 is 80.4 Å². The average Bonchev–Trinajstić information content (AvgIpc) is 3.21. The van der Waals surface area contributed by atoms with Crippen LogP contribution in [-0.2, 0) is 38.2 Å². The molecule has 3 amide bonds. The summed E-state index contributed by atoms with van der Waals surface area (Å²) in [5.74, 6) is -9.20. The molecular weight excluding hydrogens is 844 g/mol. The van der Waals surface area contributed by atoms with E-state index in [2.05, 4.69) is 10.6 Å². The average molecular weight is 895 g/mol. The number of phenols is 1. The fraction of sp³-hybridized carbons (Fsp3) is 0.526. The van der Waals surface area contributed by atoms with Gasteiger partial charge in [0.1, 0.15) is 41.8 Å². The highest BCUT2D eigenvalue weighted by molar-refractivity contribution is 5.95. The largest absolute Gasteiger partial charge is 0.508 e. The maximum Gasteiger partial charge on any atom is 0.317 e. The Balaban J connectivity index is 1.18. The van der Waals surface area contributed by atoms with E-state index in [1.54, 1.807) is 4.90 Å². The van der Waals surface area contributed by atoms with Crippen LogP contribution in [0.5, 0.6) is 11.5 Å². The summed E-state index contributed by atoms with van der Waals surface area (Å²) >= 11 is 0. The van der Waals surface area contributed by atoms with E-state index in [1.165, 1.54) is 39.0 Å². The molecule has 25 nitrogen and oxygen atoms in total. The molecule has 4 aliphatic rings. The van der Waals surface area contributed by atoms with Crippen LogP contribution in [0.3, 0.4) is 0 Å². The van der Waals surface area contributed by atoms with E-state index in [0.717, 1.165) is 12.2 Å². The molecule has 3 aliphatic heterocycles. The molecule has 11 N–H and O–H groups in total. The molecule has 2 saturated heterocycles. The zero-order valence-corrected chi connectivity index (χ0v) is 33.6. The van der Waals surface area contributed by atoms with Gasteiger partial charge in [0.05, 0.1) is 25.7 Å². The summed E-state index contributed by atoms with van der Waals surface area (Å²) < 4.78 is 22.3. The first kappa shape index (κ1) is 47.8. The number of amides is 3. The molecular formula is C38H50N6O19. The van der Waals surface area contributed by atoms with Crippen LogP contribution in [0.1, 0.15) is 0 Å². The van der Waals surface area contributed by atoms with Crippen molar-refractivity contribution in [1.82, 2.24) is 30.2 Å². The van der Waals surface area contributed by atoms with Crippen molar-refractivity contribution in [1.29, 1.82) is 0 Å². The van der Waals surface area contributed by atoms with Gasteiger partial charge in [0.15, 0.2) is 29.2 Å². The maximum absolute atomic E-state index is 13.3. The van der Waals surface area contributed by atoms with Crippen molar-refractivity contribution >= 4 is 35.6 Å². The number of fused-ring (bicyclic) bond motifs is 1. The Morgan fingerprint density at radius 1 is 0.714 bits per heavy atom. The van der Waals surface area contributed by atoms with E-state index < -0.39 is 109 Å². The number of aliphatic hydroxyl groups is 5. The zero-order chi connectivity index (χ0) is 46.0. The lowest BCUT2D eigenvalue weighted by atomic mass is 9.88. The van der Waals surface area contributed by atoms with Crippen LogP contribution < -0.4 is 15.4 Å².